The summed E-state index contributed by atoms with van der Waals surface area (Å²) in [6.45, 7) is 22.4. The van der Waals surface area contributed by atoms with Crippen LogP contribution in [0.4, 0.5) is 4.79 Å². The minimum absolute atomic E-state index is 0.00287. The number of likely N-dealkylation sites (N-methyl/N-ethyl adjacent to an activating group) is 1. The summed E-state index contributed by atoms with van der Waals surface area (Å²) in [7, 11) is -0.602. The van der Waals surface area contributed by atoms with Gasteiger partial charge in [-0.1, -0.05) is 52.2 Å². The Morgan fingerprint density at radius 1 is 1.14 bits per heavy atom. The van der Waals surface area contributed by atoms with Crippen LogP contribution in [0.1, 0.15) is 53.9 Å². The maximum atomic E-state index is 13.6. The fraction of sp³-hybridized carbons (Fsp3) is 0.625. The fourth-order valence-electron chi connectivity index (χ4n) is 5.78. The molecule has 0 aromatic carbocycles. The standard InChI is InChI=1S/C32H49N3O7Si/c1-11-16-40-30(38)28-24(19-25-27(29(37)35(25)28)22(4)42-43(9,10)32(5,6)7)21(3)18-23-14-13-15-34(23)26(36)20-33(8)31(39)41-17-12-2/h11-12,18,22-23,25,27H,1-2,13-17,19-20H2,3-10H3/t22-,23+,25-,27-/m1/s1. The second-order valence-electron chi connectivity index (χ2n) is 13.2. The number of hydrogen-bond acceptors (Lipinski definition) is 7. The van der Waals surface area contributed by atoms with E-state index in [0.717, 1.165) is 24.0 Å². The number of carbonyl (C=O) groups is 4. The Labute approximate surface area is 257 Å². The molecule has 3 aliphatic rings. The van der Waals surface area contributed by atoms with Crippen LogP contribution in [0.2, 0.25) is 18.1 Å². The lowest BCUT2D eigenvalue weighted by molar-refractivity contribution is -0.161. The number of carbonyl (C=O) groups excluding carboxylic acids is 4. The molecule has 0 aromatic heterocycles. The number of rotatable bonds is 12. The number of β-lactam (4-membered cyclic amide) rings is 1. The summed E-state index contributed by atoms with van der Waals surface area (Å²) in [5.41, 5.74) is 1.84. The molecule has 4 atom stereocenters. The van der Waals surface area contributed by atoms with Crippen molar-refractivity contribution in [2.24, 2.45) is 5.92 Å². The number of likely N-dealkylation sites (tertiary alicyclic amines) is 1. The highest BCUT2D eigenvalue weighted by Gasteiger charge is 2.58. The molecule has 0 aromatic rings. The monoisotopic (exact) mass is 615 g/mol. The van der Waals surface area contributed by atoms with Gasteiger partial charge in [0.15, 0.2) is 8.32 Å². The van der Waals surface area contributed by atoms with Gasteiger partial charge in [0.1, 0.15) is 25.5 Å². The van der Waals surface area contributed by atoms with Crippen LogP contribution in [0.15, 0.2) is 48.2 Å². The normalized spacial score (nSPS) is 23.0. The van der Waals surface area contributed by atoms with Crippen molar-refractivity contribution in [3.8, 4) is 0 Å². The highest BCUT2D eigenvalue weighted by atomic mass is 28.4. The molecule has 238 valence electrons. The largest absolute Gasteiger partial charge is 0.457 e. The molecular weight excluding hydrogens is 566 g/mol. The average molecular weight is 616 g/mol. The van der Waals surface area contributed by atoms with Gasteiger partial charge in [-0.25, -0.2) is 9.59 Å². The van der Waals surface area contributed by atoms with Crippen molar-refractivity contribution in [1.29, 1.82) is 0 Å². The van der Waals surface area contributed by atoms with E-state index in [9.17, 15) is 19.2 Å². The molecule has 43 heavy (non-hydrogen) atoms. The van der Waals surface area contributed by atoms with E-state index >= 15 is 0 Å². The maximum absolute atomic E-state index is 13.6. The van der Waals surface area contributed by atoms with E-state index in [1.165, 1.54) is 24.1 Å². The predicted molar refractivity (Wildman–Crippen MR) is 167 cm³/mol. The van der Waals surface area contributed by atoms with Crippen LogP contribution in [0.25, 0.3) is 0 Å². The molecule has 3 heterocycles. The summed E-state index contributed by atoms with van der Waals surface area (Å²) in [6.07, 6.45) is 6.15. The minimum atomic E-state index is -2.12. The first-order valence-electron chi connectivity index (χ1n) is 15.0. The summed E-state index contributed by atoms with van der Waals surface area (Å²) in [4.78, 5) is 56.7. The van der Waals surface area contributed by atoms with Crippen LogP contribution in [-0.2, 0) is 28.3 Å². The first kappa shape index (κ1) is 34.3. The quantitative estimate of drug-likeness (QED) is 0.134. The Balaban J connectivity index is 1.83. The Kier molecular flexibility index (Phi) is 10.9. The topological polar surface area (TPSA) is 106 Å². The Morgan fingerprint density at radius 3 is 2.37 bits per heavy atom. The van der Waals surface area contributed by atoms with Crippen molar-refractivity contribution in [1.82, 2.24) is 14.7 Å². The van der Waals surface area contributed by atoms with Crippen molar-refractivity contribution >= 4 is 32.2 Å². The molecule has 2 fully saturated rings. The van der Waals surface area contributed by atoms with E-state index in [0.29, 0.717) is 13.0 Å². The molecule has 10 nitrogen and oxygen atoms in total. The summed E-state index contributed by atoms with van der Waals surface area (Å²) in [6, 6.07) is -0.405. The molecule has 0 bridgehead atoms. The van der Waals surface area contributed by atoms with Crippen molar-refractivity contribution < 1.29 is 33.1 Å². The molecule has 0 spiro atoms. The number of amides is 3. The number of allylic oxidation sites excluding steroid dienone is 1. The summed E-state index contributed by atoms with van der Waals surface area (Å²) in [5.74, 6) is -1.24. The number of nitrogens with zero attached hydrogens (tertiary/aromatic N) is 3. The molecule has 0 radical (unpaired) electrons. The molecule has 11 heteroatoms. The molecular formula is C32H49N3O7Si. The van der Waals surface area contributed by atoms with E-state index in [-0.39, 0.29) is 66.4 Å². The molecule has 2 saturated heterocycles. The third-order valence-corrected chi connectivity index (χ3v) is 13.6. The zero-order valence-electron chi connectivity index (χ0n) is 27.1. The third kappa shape index (κ3) is 7.31. The van der Waals surface area contributed by atoms with E-state index in [1.807, 2.05) is 19.9 Å². The molecule has 3 aliphatic heterocycles. The van der Waals surface area contributed by atoms with Gasteiger partial charge in [0.05, 0.1) is 24.1 Å². The molecule has 0 N–H and O–H groups in total. The molecule has 3 amide bonds. The van der Waals surface area contributed by atoms with Gasteiger partial charge in [-0.05, 0) is 62.4 Å². The van der Waals surface area contributed by atoms with Crippen LogP contribution in [-0.4, -0.2) is 98.4 Å². The fourth-order valence-corrected chi connectivity index (χ4v) is 7.21. The zero-order valence-corrected chi connectivity index (χ0v) is 28.1. The Hall–Kier alpha value is -3.18. The van der Waals surface area contributed by atoms with Crippen LogP contribution in [0, 0.1) is 5.92 Å². The molecule has 0 unspecified atom stereocenters. The highest BCUT2D eigenvalue weighted by molar-refractivity contribution is 6.74. The highest BCUT2D eigenvalue weighted by Crippen LogP contribution is 2.48. The Morgan fingerprint density at radius 2 is 1.77 bits per heavy atom. The van der Waals surface area contributed by atoms with Crippen molar-refractivity contribution in [2.75, 3.05) is 33.4 Å². The predicted octanol–water partition coefficient (Wildman–Crippen LogP) is 4.80. The number of esters is 1. The number of fused-ring (bicyclic) bond motifs is 1. The van der Waals surface area contributed by atoms with Gasteiger partial charge in [0.2, 0.25) is 11.8 Å². The van der Waals surface area contributed by atoms with Crippen LogP contribution in [0.3, 0.4) is 0 Å². The van der Waals surface area contributed by atoms with Crippen molar-refractivity contribution in [3.63, 3.8) is 0 Å². The van der Waals surface area contributed by atoms with Gasteiger partial charge in [-0.15, -0.1) is 0 Å². The SMILES string of the molecule is C=CCOC(=O)C1=C(C(C)=C[C@@H]2CCCN2C(=O)CN(C)C(=O)OCC=C)C[C@@H]2[C@@H]([C@@H](C)O[Si](C)(C)C(C)(C)C)C(=O)N12. The molecule has 0 saturated carbocycles. The Bertz CT molecular complexity index is 1200. The van der Waals surface area contributed by atoms with Gasteiger partial charge in [-0.3, -0.25) is 9.59 Å². The second-order valence-corrected chi connectivity index (χ2v) is 17.9. The van der Waals surface area contributed by atoms with Gasteiger partial charge in [0, 0.05) is 13.6 Å². The van der Waals surface area contributed by atoms with E-state index in [4.69, 9.17) is 13.9 Å². The van der Waals surface area contributed by atoms with E-state index in [2.05, 4.69) is 47.0 Å². The van der Waals surface area contributed by atoms with Crippen LogP contribution in [0.5, 0.6) is 0 Å². The van der Waals surface area contributed by atoms with Gasteiger partial charge in [0.25, 0.3) is 0 Å². The first-order chi connectivity index (χ1) is 20.0. The number of hydrogen-bond donors (Lipinski definition) is 0. The summed E-state index contributed by atoms with van der Waals surface area (Å²) in [5, 5.41) is -0.00287. The summed E-state index contributed by atoms with van der Waals surface area (Å²) < 4.78 is 17.1. The van der Waals surface area contributed by atoms with E-state index in [1.54, 1.807) is 9.80 Å². The lowest BCUT2D eigenvalue weighted by atomic mass is 9.82. The van der Waals surface area contributed by atoms with Gasteiger partial charge < -0.3 is 28.6 Å². The lowest BCUT2D eigenvalue weighted by Crippen LogP contribution is -2.63. The lowest BCUT2D eigenvalue weighted by Gasteiger charge is -2.48. The van der Waals surface area contributed by atoms with Gasteiger partial charge in [-0.2, -0.15) is 0 Å². The molecule has 3 rings (SSSR count). The summed E-state index contributed by atoms with van der Waals surface area (Å²) >= 11 is 0. The number of ether oxygens (including phenoxy) is 2. The van der Waals surface area contributed by atoms with Crippen molar-refractivity contribution in [3.05, 3.63) is 48.2 Å². The maximum Gasteiger partial charge on any atom is 0.410 e. The minimum Gasteiger partial charge on any atom is -0.457 e. The zero-order chi connectivity index (χ0) is 32.3. The average Bonchev–Trinajstić information content (AvgIpc) is 3.51. The van der Waals surface area contributed by atoms with E-state index < -0.39 is 20.4 Å². The van der Waals surface area contributed by atoms with Gasteiger partial charge >= 0.3 is 12.1 Å². The van der Waals surface area contributed by atoms with Crippen LogP contribution < -0.4 is 0 Å². The second kappa shape index (κ2) is 13.6. The van der Waals surface area contributed by atoms with Crippen molar-refractivity contribution in [2.45, 2.75) is 90.2 Å². The molecule has 0 aliphatic carbocycles. The first-order valence-corrected chi connectivity index (χ1v) is 18.0. The van der Waals surface area contributed by atoms with Crippen LogP contribution >= 0.6 is 0 Å². The smallest absolute Gasteiger partial charge is 0.410 e. The third-order valence-electron chi connectivity index (χ3n) is 9.07.